The second-order valence-electron chi connectivity index (χ2n) is 8.60. The second-order valence-corrected chi connectivity index (χ2v) is 9.00. The molecule has 2 amide bonds. The van der Waals surface area contributed by atoms with Gasteiger partial charge < -0.3 is 10.2 Å². The summed E-state index contributed by atoms with van der Waals surface area (Å²) < 4.78 is 0. The van der Waals surface area contributed by atoms with E-state index in [2.05, 4.69) is 29.6 Å². The molecule has 3 rings (SSSR count). The molecule has 0 spiro atoms. The molecule has 0 aromatic heterocycles. The molecule has 0 saturated carbocycles. The first-order valence-corrected chi connectivity index (χ1v) is 12.3. The molecule has 0 aliphatic heterocycles. The molecule has 1 atom stereocenters. The molecule has 0 fully saturated rings. The first-order valence-electron chi connectivity index (χ1n) is 11.9. The number of hydrogen-bond acceptors (Lipinski definition) is 2. The van der Waals surface area contributed by atoms with Crippen molar-refractivity contribution in [2.24, 2.45) is 0 Å². The van der Waals surface area contributed by atoms with Crippen LogP contribution >= 0.6 is 11.6 Å². The maximum absolute atomic E-state index is 13.6. The Morgan fingerprint density at radius 3 is 2.26 bits per heavy atom. The van der Waals surface area contributed by atoms with Crippen LogP contribution in [0.4, 0.5) is 0 Å². The van der Waals surface area contributed by atoms with Gasteiger partial charge in [0.2, 0.25) is 11.8 Å². The van der Waals surface area contributed by atoms with Crippen molar-refractivity contribution in [1.29, 1.82) is 0 Å². The van der Waals surface area contributed by atoms with Gasteiger partial charge in [-0.1, -0.05) is 96.9 Å². The second kappa shape index (κ2) is 13.0. The monoisotopic (exact) mass is 476 g/mol. The van der Waals surface area contributed by atoms with Gasteiger partial charge in [-0.15, -0.1) is 0 Å². The lowest BCUT2D eigenvalue weighted by Gasteiger charge is -2.32. The van der Waals surface area contributed by atoms with Crippen molar-refractivity contribution in [3.05, 3.63) is 106 Å². The highest BCUT2D eigenvalue weighted by Crippen LogP contribution is 2.21. The zero-order valence-electron chi connectivity index (χ0n) is 20.0. The Bertz CT molecular complexity index is 1070. The highest BCUT2D eigenvalue weighted by molar-refractivity contribution is 6.31. The van der Waals surface area contributed by atoms with Crippen LogP contribution in [0, 0.1) is 6.92 Å². The molecule has 0 saturated heterocycles. The van der Waals surface area contributed by atoms with Gasteiger partial charge in [0.05, 0.1) is 0 Å². The van der Waals surface area contributed by atoms with Crippen LogP contribution in [0.5, 0.6) is 0 Å². The van der Waals surface area contributed by atoms with E-state index in [0.717, 1.165) is 23.1 Å². The number of carbonyl (C=O) groups is 2. The molecular formula is C29H33ClN2O2. The number of aryl methyl sites for hydroxylation is 2. The van der Waals surface area contributed by atoms with E-state index >= 15 is 0 Å². The summed E-state index contributed by atoms with van der Waals surface area (Å²) in [4.78, 5) is 28.6. The molecule has 0 heterocycles. The quantitative estimate of drug-likeness (QED) is 0.383. The highest BCUT2D eigenvalue weighted by Gasteiger charge is 2.30. The predicted molar refractivity (Wildman–Crippen MR) is 139 cm³/mol. The van der Waals surface area contributed by atoms with Crippen molar-refractivity contribution in [1.82, 2.24) is 10.2 Å². The van der Waals surface area contributed by atoms with E-state index in [9.17, 15) is 9.59 Å². The van der Waals surface area contributed by atoms with Crippen LogP contribution in [-0.4, -0.2) is 29.3 Å². The Labute approximate surface area is 207 Å². The van der Waals surface area contributed by atoms with Crippen LogP contribution < -0.4 is 5.32 Å². The van der Waals surface area contributed by atoms with E-state index in [1.54, 1.807) is 4.90 Å². The minimum Gasteiger partial charge on any atom is -0.354 e. The molecule has 0 radical (unpaired) electrons. The maximum atomic E-state index is 13.6. The van der Waals surface area contributed by atoms with E-state index in [0.29, 0.717) is 30.8 Å². The molecule has 1 N–H and O–H groups in total. The molecule has 178 valence electrons. The largest absolute Gasteiger partial charge is 0.354 e. The van der Waals surface area contributed by atoms with Crippen LogP contribution in [0.3, 0.4) is 0 Å². The minimum absolute atomic E-state index is 0.0620. The van der Waals surface area contributed by atoms with E-state index in [1.807, 2.05) is 68.4 Å². The van der Waals surface area contributed by atoms with Crippen LogP contribution in [-0.2, 0) is 29.0 Å². The highest BCUT2D eigenvalue weighted by atomic mass is 35.5. The number of amides is 2. The molecule has 5 heteroatoms. The third-order valence-electron chi connectivity index (χ3n) is 5.87. The van der Waals surface area contributed by atoms with E-state index in [4.69, 9.17) is 11.6 Å². The molecule has 0 aliphatic rings. The first kappa shape index (κ1) is 25.5. The average molecular weight is 477 g/mol. The number of rotatable bonds is 11. The summed E-state index contributed by atoms with van der Waals surface area (Å²) in [6, 6.07) is 24.9. The van der Waals surface area contributed by atoms with Crippen LogP contribution in [0.2, 0.25) is 5.02 Å². The van der Waals surface area contributed by atoms with Crippen molar-refractivity contribution < 1.29 is 9.59 Å². The summed E-state index contributed by atoms with van der Waals surface area (Å²) in [7, 11) is 0. The lowest BCUT2D eigenvalue weighted by atomic mass is 10.0. The maximum Gasteiger partial charge on any atom is 0.243 e. The zero-order valence-corrected chi connectivity index (χ0v) is 20.7. The topological polar surface area (TPSA) is 49.4 Å². The third kappa shape index (κ3) is 7.46. The Balaban J connectivity index is 1.89. The molecule has 0 aliphatic carbocycles. The fourth-order valence-corrected chi connectivity index (χ4v) is 4.08. The molecule has 1 unspecified atom stereocenters. The SMILES string of the molecule is CCCNC(=O)C(Cc1ccccc1)N(Cc1ccccc1Cl)C(=O)CCc1ccc(C)cc1. The zero-order chi connectivity index (χ0) is 24.3. The van der Waals surface area contributed by atoms with E-state index in [1.165, 1.54) is 5.56 Å². The summed E-state index contributed by atoms with van der Waals surface area (Å²) >= 11 is 6.45. The molecule has 0 bridgehead atoms. The van der Waals surface area contributed by atoms with Crippen molar-refractivity contribution in [3.8, 4) is 0 Å². The Hall–Kier alpha value is -3.11. The predicted octanol–water partition coefficient (Wildman–Crippen LogP) is 5.75. The standard InChI is InChI=1S/C29H33ClN2O2/c1-3-19-31-29(34)27(20-24-9-5-4-6-10-24)32(21-25-11-7-8-12-26(25)30)28(33)18-17-23-15-13-22(2)14-16-23/h4-16,27H,3,17-21H2,1-2H3,(H,31,34). The van der Waals surface area contributed by atoms with Gasteiger partial charge in [0, 0.05) is 31.0 Å². The van der Waals surface area contributed by atoms with Gasteiger partial charge in [-0.25, -0.2) is 0 Å². The lowest BCUT2D eigenvalue weighted by molar-refractivity contribution is -0.141. The minimum atomic E-state index is -0.629. The number of carbonyl (C=O) groups excluding carboxylic acids is 2. The summed E-state index contributed by atoms with van der Waals surface area (Å²) in [6.45, 7) is 4.91. The number of nitrogens with zero attached hydrogens (tertiary/aromatic N) is 1. The molecule has 3 aromatic carbocycles. The van der Waals surface area contributed by atoms with Crippen molar-refractivity contribution in [2.75, 3.05) is 6.54 Å². The summed E-state index contributed by atoms with van der Waals surface area (Å²) in [6.07, 6.45) is 2.21. The normalized spacial score (nSPS) is 11.6. The lowest BCUT2D eigenvalue weighted by Crippen LogP contribution is -2.50. The fourth-order valence-electron chi connectivity index (χ4n) is 3.88. The Morgan fingerprint density at radius 2 is 1.59 bits per heavy atom. The van der Waals surface area contributed by atoms with Crippen molar-refractivity contribution in [3.63, 3.8) is 0 Å². The fraction of sp³-hybridized carbons (Fsp3) is 0.310. The van der Waals surface area contributed by atoms with Gasteiger partial charge in [0.15, 0.2) is 0 Å². The van der Waals surface area contributed by atoms with E-state index in [-0.39, 0.29) is 18.4 Å². The molecule has 3 aromatic rings. The Morgan fingerprint density at radius 1 is 0.912 bits per heavy atom. The third-order valence-corrected chi connectivity index (χ3v) is 6.24. The van der Waals surface area contributed by atoms with Gasteiger partial charge in [-0.05, 0) is 42.5 Å². The van der Waals surface area contributed by atoms with Crippen LogP contribution in [0.1, 0.15) is 42.0 Å². The van der Waals surface area contributed by atoms with Gasteiger partial charge in [0.25, 0.3) is 0 Å². The van der Waals surface area contributed by atoms with Gasteiger partial charge >= 0.3 is 0 Å². The summed E-state index contributed by atoms with van der Waals surface area (Å²) in [5, 5.41) is 3.59. The summed E-state index contributed by atoms with van der Waals surface area (Å²) in [5.74, 6) is -0.200. The number of benzene rings is 3. The number of nitrogens with one attached hydrogen (secondary N) is 1. The average Bonchev–Trinajstić information content (AvgIpc) is 2.85. The van der Waals surface area contributed by atoms with Crippen molar-refractivity contribution in [2.45, 2.75) is 52.1 Å². The number of halogens is 1. The van der Waals surface area contributed by atoms with E-state index < -0.39 is 6.04 Å². The van der Waals surface area contributed by atoms with Crippen LogP contribution in [0.15, 0.2) is 78.9 Å². The summed E-state index contributed by atoms with van der Waals surface area (Å²) in [5.41, 5.74) is 4.13. The van der Waals surface area contributed by atoms with Crippen molar-refractivity contribution >= 4 is 23.4 Å². The van der Waals surface area contributed by atoms with Gasteiger partial charge in [0.1, 0.15) is 6.04 Å². The van der Waals surface area contributed by atoms with Gasteiger partial charge in [-0.3, -0.25) is 9.59 Å². The van der Waals surface area contributed by atoms with Crippen LogP contribution in [0.25, 0.3) is 0 Å². The number of hydrogen-bond donors (Lipinski definition) is 1. The first-order chi connectivity index (χ1) is 16.5. The van der Waals surface area contributed by atoms with Gasteiger partial charge in [-0.2, -0.15) is 0 Å². The smallest absolute Gasteiger partial charge is 0.243 e. The Kier molecular flexibility index (Phi) is 9.72. The molecule has 4 nitrogen and oxygen atoms in total. The molecule has 34 heavy (non-hydrogen) atoms. The molecular weight excluding hydrogens is 444 g/mol.